The second-order valence-electron chi connectivity index (χ2n) is 8.49. The van der Waals surface area contributed by atoms with E-state index in [9.17, 15) is 0 Å². The molecular formula is C23H32Cl2N8. The van der Waals surface area contributed by atoms with Crippen molar-refractivity contribution in [2.75, 3.05) is 49.5 Å². The van der Waals surface area contributed by atoms with Crippen molar-refractivity contribution < 1.29 is 0 Å². The number of fused-ring (bicyclic) bond motifs is 1. The molecule has 1 aromatic carbocycles. The van der Waals surface area contributed by atoms with Gasteiger partial charge in [0, 0.05) is 43.3 Å². The summed E-state index contributed by atoms with van der Waals surface area (Å²) in [5.41, 5.74) is 2.51. The second kappa shape index (κ2) is 11.3. The highest BCUT2D eigenvalue weighted by atomic mass is 35.5. The molecule has 2 aliphatic rings. The number of nitrogens with one attached hydrogen (secondary N) is 3. The molecule has 178 valence electrons. The quantitative estimate of drug-likeness (QED) is 0.509. The van der Waals surface area contributed by atoms with Crippen LogP contribution in [0.25, 0.3) is 11.0 Å². The molecule has 0 saturated carbocycles. The maximum atomic E-state index is 6.37. The van der Waals surface area contributed by atoms with Crippen LogP contribution in [-0.4, -0.2) is 59.0 Å². The van der Waals surface area contributed by atoms with E-state index in [0.717, 1.165) is 42.8 Å². The first-order chi connectivity index (χ1) is 16.0. The van der Waals surface area contributed by atoms with Gasteiger partial charge in [0.05, 0.1) is 12.2 Å². The Hall–Kier alpha value is -2.13. The minimum absolute atomic E-state index is 0.0641. The molecule has 8 nitrogen and oxygen atoms in total. The summed E-state index contributed by atoms with van der Waals surface area (Å²) in [4.78, 5) is 11.7. The number of benzene rings is 1. The molecule has 0 aliphatic carbocycles. The number of piperazine rings is 1. The van der Waals surface area contributed by atoms with Gasteiger partial charge in [-0.3, -0.25) is 4.68 Å². The summed E-state index contributed by atoms with van der Waals surface area (Å²) in [5, 5.41) is 15.9. The van der Waals surface area contributed by atoms with Gasteiger partial charge >= 0.3 is 0 Å². The van der Waals surface area contributed by atoms with Gasteiger partial charge in [-0.2, -0.15) is 10.1 Å². The minimum Gasteiger partial charge on any atom is -0.361 e. The normalized spacial score (nSPS) is 17.4. The molecule has 0 amide bonds. The zero-order chi connectivity index (χ0) is 23.2. The van der Waals surface area contributed by atoms with E-state index in [1.54, 1.807) is 10.7 Å². The Kier molecular flexibility index (Phi) is 8.25. The van der Waals surface area contributed by atoms with Crippen LogP contribution in [0.1, 0.15) is 37.8 Å². The molecule has 2 aliphatic heterocycles. The molecule has 0 radical (unpaired) electrons. The van der Waals surface area contributed by atoms with Crippen molar-refractivity contribution in [1.29, 1.82) is 0 Å². The number of piperidine rings is 1. The molecule has 3 N–H and O–H groups in total. The van der Waals surface area contributed by atoms with Crippen LogP contribution >= 0.6 is 23.2 Å². The number of anilines is 2. The Labute approximate surface area is 205 Å². The fraction of sp³-hybridized carbons (Fsp3) is 0.522. The Morgan fingerprint density at radius 3 is 2.36 bits per heavy atom. The summed E-state index contributed by atoms with van der Waals surface area (Å²) in [6, 6.07) is 5.45. The van der Waals surface area contributed by atoms with Gasteiger partial charge in [0.2, 0.25) is 5.95 Å². The zero-order valence-electron chi connectivity index (χ0n) is 19.2. The van der Waals surface area contributed by atoms with Crippen LogP contribution in [-0.2, 0) is 7.05 Å². The monoisotopic (exact) mass is 490 g/mol. The average molecular weight is 491 g/mol. The first-order valence-electron chi connectivity index (χ1n) is 11.6. The van der Waals surface area contributed by atoms with Gasteiger partial charge in [-0.05, 0) is 50.6 Å². The van der Waals surface area contributed by atoms with Gasteiger partial charge < -0.3 is 20.9 Å². The number of aryl methyl sites for hydroxylation is 1. The first-order valence-corrected chi connectivity index (χ1v) is 12.4. The molecule has 1 unspecified atom stereocenters. The van der Waals surface area contributed by atoms with Crippen LogP contribution in [0.3, 0.4) is 0 Å². The number of hydrogen-bond donors (Lipinski definition) is 3. The van der Waals surface area contributed by atoms with Crippen LogP contribution in [0.2, 0.25) is 10.0 Å². The highest BCUT2D eigenvalue weighted by Crippen LogP contribution is 2.30. The molecule has 3 aromatic rings. The smallest absolute Gasteiger partial charge is 0.228 e. The largest absolute Gasteiger partial charge is 0.361 e. The van der Waals surface area contributed by atoms with Crippen LogP contribution < -0.4 is 20.9 Å². The molecule has 2 fully saturated rings. The molecule has 5 rings (SSSR count). The van der Waals surface area contributed by atoms with E-state index >= 15 is 0 Å². The maximum absolute atomic E-state index is 6.37. The van der Waals surface area contributed by atoms with Crippen molar-refractivity contribution in [3.8, 4) is 0 Å². The average Bonchev–Trinajstić information content (AvgIpc) is 3.21. The summed E-state index contributed by atoms with van der Waals surface area (Å²) >= 11 is 12.4. The van der Waals surface area contributed by atoms with E-state index in [0.29, 0.717) is 21.8 Å². The van der Waals surface area contributed by atoms with Crippen molar-refractivity contribution in [3.05, 3.63) is 40.0 Å². The molecule has 4 heterocycles. The van der Waals surface area contributed by atoms with Crippen molar-refractivity contribution in [2.24, 2.45) is 7.05 Å². The lowest BCUT2D eigenvalue weighted by Crippen LogP contribution is -2.44. The van der Waals surface area contributed by atoms with Gasteiger partial charge in [-0.15, -0.1) is 0 Å². The molecular weight excluding hydrogens is 459 g/mol. The van der Waals surface area contributed by atoms with Gasteiger partial charge in [0.25, 0.3) is 0 Å². The number of aromatic nitrogens is 4. The van der Waals surface area contributed by atoms with E-state index in [1.165, 1.54) is 32.4 Å². The van der Waals surface area contributed by atoms with Gasteiger partial charge in [0.1, 0.15) is 5.52 Å². The molecule has 0 spiro atoms. The number of nitrogens with zero attached hydrogens (tertiary/aromatic N) is 5. The van der Waals surface area contributed by atoms with Crippen molar-refractivity contribution in [3.63, 3.8) is 0 Å². The van der Waals surface area contributed by atoms with E-state index in [4.69, 9.17) is 33.2 Å². The first kappa shape index (κ1) is 24.0. The van der Waals surface area contributed by atoms with Crippen molar-refractivity contribution in [1.82, 2.24) is 30.4 Å². The highest BCUT2D eigenvalue weighted by molar-refractivity contribution is 6.35. The Morgan fingerprint density at radius 2 is 1.73 bits per heavy atom. The van der Waals surface area contributed by atoms with E-state index in [1.807, 2.05) is 32.3 Å². The predicted octanol–water partition coefficient (Wildman–Crippen LogP) is 4.01. The lowest BCUT2D eigenvalue weighted by molar-refractivity contribution is 0.520. The van der Waals surface area contributed by atoms with Crippen LogP contribution in [0, 0.1) is 0 Å². The third-order valence-electron chi connectivity index (χ3n) is 5.86. The standard InChI is InChI=1S/C18H21Cl2N7.C5H11N/c1-11(13-4-3-12(19)9-14(13)20)22-17-16-15(10-26(2)25-16)23-18(24-17)27-7-5-21-6-8-27;1-2-4-6-5-3-1/h3-4,9-11,21H,5-8H2,1-2H3,(H,22,23,24);6H,1-5H2. The summed E-state index contributed by atoms with van der Waals surface area (Å²) in [5.74, 6) is 1.42. The number of hydrogen-bond acceptors (Lipinski definition) is 7. The lowest BCUT2D eigenvalue weighted by atomic mass is 10.1. The second-order valence-corrected chi connectivity index (χ2v) is 9.33. The lowest BCUT2D eigenvalue weighted by Gasteiger charge is -2.28. The summed E-state index contributed by atoms with van der Waals surface area (Å²) in [6.07, 6.45) is 6.13. The summed E-state index contributed by atoms with van der Waals surface area (Å²) in [7, 11) is 1.88. The molecule has 1 atom stereocenters. The molecule has 0 bridgehead atoms. The maximum Gasteiger partial charge on any atom is 0.228 e. The van der Waals surface area contributed by atoms with E-state index in [-0.39, 0.29) is 6.04 Å². The van der Waals surface area contributed by atoms with Crippen molar-refractivity contribution >= 4 is 46.0 Å². The number of halogens is 2. The summed E-state index contributed by atoms with van der Waals surface area (Å²) in [6.45, 7) is 8.14. The van der Waals surface area contributed by atoms with E-state index in [2.05, 4.69) is 25.9 Å². The van der Waals surface area contributed by atoms with E-state index < -0.39 is 0 Å². The third-order valence-corrected chi connectivity index (χ3v) is 6.42. The van der Waals surface area contributed by atoms with Crippen LogP contribution in [0.4, 0.5) is 11.8 Å². The predicted molar refractivity (Wildman–Crippen MR) is 137 cm³/mol. The number of rotatable bonds is 4. The molecule has 33 heavy (non-hydrogen) atoms. The van der Waals surface area contributed by atoms with Crippen molar-refractivity contribution in [2.45, 2.75) is 32.2 Å². The fourth-order valence-electron chi connectivity index (χ4n) is 4.06. The molecule has 10 heteroatoms. The highest BCUT2D eigenvalue weighted by Gasteiger charge is 2.20. The van der Waals surface area contributed by atoms with Crippen LogP contribution in [0.15, 0.2) is 24.4 Å². The fourth-order valence-corrected chi connectivity index (χ4v) is 4.63. The van der Waals surface area contributed by atoms with Crippen LogP contribution in [0.5, 0.6) is 0 Å². The Balaban J connectivity index is 0.000000376. The topological polar surface area (TPSA) is 82.9 Å². The minimum atomic E-state index is -0.0641. The Bertz CT molecular complexity index is 1050. The Morgan fingerprint density at radius 1 is 1.00 bits per heavy atom. The molecule has 2 aromatic heterocycles. The summed E-state index contributed by atoms with van der Waals surface area (Å²) < 4.78 is 1.76. The molecule has 2 saturated heterocycles. The van der Waals surface area contributed by atoms with Gasteiger partial charge in [0.15, 0.2) is 11.3 Å². The SMILES string of the molecule is C1CCNCC1.CC(Nc1nc(N2CCNCC2)nc2cn(C)nc12)c1ccc(Cl)cc1Cl. The zero-order valence-corrected chi connectivity index (χ0v) is 20.8. The third kappa shape index (κ3) is 6.26. The van der Waals surface area contributed by atoms with Gasteiger partial charge in [-0.25, -0.2) is 4.98 Å². The van der Waals surface area contributed by atoms with Gasteiger partial charge in [-0.1, -0.05) is 35.7 Å².